The molecule has 25 heavy (non-hydrogen) atoms. The number of nitrogens with zero attached hydrogens (tertiary/aromatic N) is 1. The van der Waals surface area contributed by atoms with Crippen molar-refractivity contribution in [1.29, 1.82) is 5.26 Å². The van der Waals surface area contributed by atoms with Crippen LogP contribution in [-0.2, 0) is 0 Å². The highest BCUT2D eigenvalue weighted by molar-refractivity contribution is 5.28. The molecule has 1 spiro atoms. The minimum Gasteiger partial charge on any atom is -0.393 e. The van der Waals surface area contributed by atoms with Gasteiger partial charge in [0.25, 0.3) is 0 Å². The van der Waals surface area contributed by atoms with Crippen LogP contribution in [0, 0.1) is 51.8 Å². The molecule has 5 aliphatic carbocycles. The minimum atomic E-state index is -0.0334. The van der Waals surface area contributed by atoms with Gasteiger partial charge in [-0.05, 0) is 111 Å². The lowest BCUT2D eigenvalue weighted by Crippen LogP contribution is -2.53. The monoisotopic (exact) mass is 339 g/mol. The molecule has 0 bridgehead atoms. The number of aliphatic hydroxyl groups is 1. The number of rotatable bonds is 0. The van der Waals surface area contributed by atoms with Gasteiger partial charge in [-0.15, -0.1) is 0 Å². The average Bonchev–Trinajstić information content (AvgIpc) is 3.13. The van der Waals surface area contributed by atoms with Crippen molar-refractivity contribution in [3.8, 4) is 6.07 Å². The zero-order chi connectivity index (χ0) is 17.2. The molecule has 0 unspecified atom stereocenters. The van der Waals surface area contributed by atoms with E-state index in [1.54, 1.807) is 0 Å². The zero-order valence-electron chi connectivity index (χ0n) is 15.7. The molecule has 0 aromatic carbocycles. The molecule has 8 atom stereocenters. The molecule has 2 heteroatoms. The lowest BCUT2D eigenvalue weighted by atomic mass is 9.44. The van der Waals surface area contributed by atoms with Crippen molar-refractivity contribution in [2.45, 2.75) is 83.7 Å². The van der Waals surface area contributed by atoms with E-state index in [1.165, 1.54) is 63.4 Å². The highest BCUT2D eigenvalue weighted by Crippen LogP contribution is 2.71. The second kappa shape index (κ2) is 5.59. The largest absolute Gasteiger partial charge is 0.393 e. The van der Waals surface area contributed by atoms with Gasteiger partial charge in [0.15, 0.2) is 0 Å². The lowest BCUT2D eigenvalue weighted by Gasteiger charge is -2.61. The Morgan fingerprint density at radius 3 is 2.76 bits per heavy atom. The second-order valence-electron chi connectivity index (χ2n) is 10.3. The highest BCUT2D eigenvalue weighted by Gasteiger charge is 2.63. The van der Waals surface area contributed by atoms with Crippen LogP contribution in [0.1, 0.15) is 77.6 Å². The Labute approximate surface area is 152 Å². The number of nitriles is 1. The Kier molecular flexibility index (Phi) is 3.66. The van der Waals surface area contributed by atoms with Gasteiger partial charge in [-0.2, -0.15) is 5.26 Å². The second-order valence-corrected chi connectivity index (χ2v) is 10.3. The molecule has 5 rings (SSSR count). The summed E-state index contributed by atoms with van der Waals surface area (Å²) >= 11 is 0. The van der Waals surface area contributed by atoms with Gasteiger partial charge in [-0.3, -0.25) is 0 Å². The summed E-state index contributed by atoms with van der Waals surface area (Å²) in [5, 5.41) is 19.3. The molecule has 5 saturated carbocycles. The van der Waals surface area contributed by atoms with Crippen molar-refractivity contribution in [3.05, 3.63) is 11.6 Å². The summed E-state index contributed by atoms with van der Waals surface area (Å²) < 4.78 is 0. The number of fused-ring (bicyclic) bond motifs is 4. The fraction of sp³-hybridized carbons (Fsp3) is 0.870. The highest BCUT2D eigenvalue weighted by atomic mass is 16.3. The third-order valence-electron chi connectivity index (χ3n) is 9.93. The van der Waals surface area contributed by atoms with Crippen LogP contribution in [0.15, 0.2) is 11.6 Å². The maximum Gasteiger partial charge on any atom is 0.0911 e. The van der Waals surface area contributed by atoms with E-state index in [4.69, 9.17) is 5.26 Å². The van der Waals surface area contributed by atoms with Gasteiger partial charge in [0, 0.05) is 6.08 Å². The van der Waals surface area contributed by atoms with Crippen LogP contribution in [0.2, 0.25) is 0 Å². The maximum atomic E-state index is 10.2. The Morgan fingerprint density at radius 2 is 1.92 bits per heavy atom. The van der Waals surface area contributed by atoms with Crippen LogP contribution in [0.4, 0.5) is 0 Å². The Morgan fingerprint density at radius 1 is 1.04 bits per heavy atom. The minimum absolute atomic E-state index is 0.0334. The van der Waals surface area contributed by atoms with E-state index in [-0.39, 0.29) is 6.10 Å². The van der Waals surface area contributed by atoms with Crippen molar-refractivity contribution >= 4 is 0 Å². The number of allylic oxidation sites excluding steroid dienone is 2. The van der Waals surface area contributed by atoms with E-state index in [0.29, 0.717) is 10.8 Å². The van der Waals surface area contributed by atoms with Crippen LogP contribution in [0.3, 0.4) is 0 Å². The van der Waals surface area contributed by atoms with E-state index in [1.807, 2.05) is 6.08 Å². The molecule has 0 aromatic rings. The third-order valence-corrected chi connectivity index (χ3v) is 9.93. The quantitative estimate of drug-likeness (QED) is 0.614. The molecule has 5 aliphatic rings. The van der Waals surface area contributed by atoms with E-state index < -0.39 is 0 Å². The normalized spacial score (nSPS) is 55.8. The SMILES string of the molecule is C[C@]12CC[C@@H](O)C[C@@H]1CC[C@@H]1[C@@H]2CC[C@]23CC/C(=C\C#N)[C@H]2CC[C@@H]13. The van der Waals surface area contributed by atoms with E-state index in [0.717, 1.165) is 42.4 Å². The summed E-state index contributed by atoms with van der Waals surface area (Å²) in [4.78, 5) is 0. The molecule has 0 heterocycles. The zero-order valence-corrected chi connectivity index (χ0v) is 15.7. The predicted molar refractivity (Wildman–Crippen MR) is 98.5 cm³/mol. The molecule has 1 N–H and O–H groups in total. The third kappa shape index (κ3) is 2.11. The van der Waals surface area contributed by atoms with Crippen LogP contribution < -0.4 is 0 Å². The molecule has 0 amide bonds. The number of aliphatic hydroxyl groups excluding tert-OH is 1. The van der Waals surface area contributed by atoms with Gasteiger partial charge in [-0.25, -0.2) is 0 Å². The maximum absolute atomic E-state index is 10.2. The van der Waals surface area contributed by atoms with Crippen LogP contribution in [0.5, 0.6) is 0 Å². The topological polar surface area (TPSA) is 44.0 Å². The summed E-state index contributed by atoms with van der Waals surface area (Å²) in [6.45, 7) is 2.58. The number of hydrogen-bond acceptors (Lipinski definition) is 2. The molecular formula is C23H33NO. The van der Waals surface area contributed by atoms with Gasteiger partial charge in [0.05, 0.1) is 12.2 Å². The summed E-state index contributed by atoms with van der Waals surface area (Å²) in [6.07, 6.45) is 16.1. The lowest BCUT2D eigenvalue weighted by molar-refractivity contribution is -0.126. The van der Waals surface area contributed by atoms with Gasteiger partial charge in [0.1, 0.15) is 0 Å². The summed E-state index contributed by atoms with van der Waals surface area (Å²) in [5.41, 5.74) is 2.54. The van der Waals surface area contributed by atoms with Crippen molar-refractivity contribution < 1.29 is 5.11 Å². The smallest absolute Gasteiger partial charge is 0.0911 e. The molecule has 0 aliphatic heterocycles. The summed E-state index contributed by atoms with van der Waals surface area (Å²) in [6, 6.07) is 2.33. The van der Waals surface area contributed by atoms with Crippen molar-refractivity contribution in [2.24, 2.45) is 40.4 Å². The molecule has 2 nitrogen and oxygen atoms in total. The van der Waals surface area contributed by atoms with Gasteiger partial charge in [-0.1, -0.05) is 12.5 Å². The van der Waals surface area contributed by atoms with Crippen LogP contribution >= 0.6 is 0 Å². The summed E-state index contributed by atoms with van der Waals surface area (Å²) in [5.74, 6) is 4.25. The predicted octanol–water partition coefficient (Wildman–Crippen LogP) is 5.23. The number of hydrogen-bond donors (Lipinski definition) is 1. The van der Waals surface area contributed by atoms with Gasteiger partial charge < -0.3 is 5.11 Å². The molecule has 0 aromatic heterocycles. The standard InChI is InChI=1S/C23H33NO/c1-22-10-7-17(25)14-16(22)2-3-18-20(22)8-12-23-11-6-15(9-13-24)19(23)4-5-21(18)23/h9,16-21,25H,2-8,10-12,14H2,1H3/b15-9+/t16-,17+,18+,19+,20-,21-,22-,23+/m0/s1. The fourth-order valence-corrected chi connectivity index (χ4v) is 8.89. The molecule has 5 fully saturated rings. The molecular weight excluding hydrogens is 306 g/mol. The summed E-state index contributed by atoms with van der Waals surface area (Å²) in [7, 11) is 0. The molecule has 136 valence electrons. The Bertz CT molecular complexity index is 632. The van der Waals surface area contributed by atoms with E-state index in [9.17, 15) is 5.11 Å². The first-order valence-electron chi connectivity index (χ1n) is 10.8. The fourth-order valence-electron chi connectivity index (χ4n) is 8.89. The first kappa shape index (κ1) is 16.4. The van der Waals surface area contributed by atoms with Crippen molar-refractivity contribution in [2.75, 3.05) is 0 Å². The molecule has 0 saturated heterocycles. The Balaban J connectivity index is 1.45. The van der Waals surface area contributed by atoms with Gasteiger partial charge in [0.2, 0.25) is 0 Å². The van der Waals surface area contributed by atoms with Crippen LogP contribution in [0.25, 0.3) is 0 Å². The van der Waals surface area contributed by atoms with Crippen molar-refractivity contribution in [3.63, 3.8) is 0 Å². The molecule has 0 radical (unpaired) electrons. The van der Waals surface area contributed by atoms with Gasteiger partial charge >= 0.3 is 0 Å². The average molecular weight is 340 g/mol. The van der Waals surface area contributed by atoms with E-state index >= 15 is 0 Å². The van der Waals surface area contributed by atoms with Crippen LogP contribution in [-0.4, -0.2) is 11.2 Å². The van der Waals surface area contributed by atoms with Crippen molar-refractivity contribution in [1.82, 2.24) is 0 Å². The Hall–Kier alpha value is -0.810. The first-order chi connectivity index (χ1) is 12.1. The van der Waals surface area contributed by atoms with E-state index in [2.05, 4.69) is 13.0 Å². The first-order valence-corrected chi connectivity index (χ1v) is 10.8.